The summed E-state index contributed by atoms with van der Waals surface area (Å²) in [5.74, 6) is 0.964. The molecule has 0 aliphatic heterocycles. The van der Waals surface area contributed by atoms with Crippen molar-refractivity contribution in [1.82, 2.24) is 5.32 Å². The van der Waals surface area contributed by atoms with Crippen LogP contribution in [0.25, 0.3) is 0 Å². The molecule has 1 aliphatic rings. The summed E-state index contributed by atoms with van der Waals surface area (Å²) in [6, 6.07) is 9.22. The standard InChI is InChI=1S/C16H19NO/c1-11-8-15(10-18-11)16(17-2)14-7-6-12-4-3-5-13(12)9-14/h6-10,16-17H,3-5H2,1-2H3. The van der Waals surface area contributed by atoms with E-state index in [2.05, 4.69) is 29.6 Å². The molecular formula is C16H19NO. The van der Waals surface area contributed by atoms with Crippen LogP contribution in [0.2, 0.25) is 0 Å². The van der Waals surface area contributed by atoms with E-state index in [-0.39, 0.29) is 6.04 Å². The average molecular weight is 241 g/mol. The molecule has 94 valence electrons. The van der Waals surface area contributed by atoms with Crippen LogP contribution >= 0.6 is 0 Å². The second-order valence-corrected chi connectivity index (χ2v) is 5.09. The number of nitrogens with one attached hydrogen (secondary N) is 1. The Kier molecular flexibility index (Phi) is 2.96. The quantitative estimate of drug-likeness (QED) is 0.891. The molecule has 0 fully saturated rings. The summed E-state index contributed by atoms with van der Waals surface area (Å²) >= 11 is 0. The first-order valence-electron chi connectivity index (χ1n) is 6.62. The van der Waals surface area contributed by atoms with E-state index in [1.165, 1.54) is 41.5 Å². The van der Waals surface area contributed by atoms with Gasteiger partial charge in [0.05, 0.1) is 12.3 Å². The van der Waals surface area contributed by atoms with E-state index in [1.807, 2.05) is 20.2 Å². The van der Waals surface area contributed by atoms with Gasteiger partial charge in [0.1, 0.15) is 5.76 Å². The molecule has 3 rings (SSSR count). The van der Waals surface area contributed by atoms with Crippen LogP contribution in [0.1, 0.15) is 40.5 Å². The van der Waals surface area contributed by atoms with Gasteiger partial charge in [-0.25, -0.2) is 0 Å². The topological polar surface area (TPSA) is 25.2 Å². The van der Waals surface area contributed by atoms with Crippen molar-refractivity contribution in [2.75, 3.05) is 7.05 Å². The molecule has 1 N–H and O–H groups in total. The Hall–Kier alpha value is -1.54. The maximum Gasteiger partial charge on any atom is 0.101 e. The fraction of sp³-hybridized carbons (Fsp3) is 0.375. The van der Waals surface area contributed by atoms with Gasteiger partial charge >= 0.3 is 0 Å². The van der Waals surface area contributed by atoms with Gasteiger partial charge in [0.15, 0.2) is 0 Å². The average Bonchev–Trinajstić information content (AvgIpc) is 2.99. The lowest BCUT2D eigenvalue weighted by Gasteiger charge is -2.16. The van der Waals surface area contributed by atoms with E-state index in [0.29, 0.717) is 0 Å². The first-order valence-corrected chi connectivity index (χ1v) is 6.62. The SMILES string of the molecule is CNC(c1coc(C)c1)c1ccc2c(c1)CCC2. The number of rotatable bonds is 3. The molecule has 2 aromatic rings. The molecule has 1 aromatic carbocycles. The number of hydrogen-bond donors (Lipinski definition) is 1. The summed E-state index contributed by atoms with van der Waals surface area (Å²) in [6.07, 6.45) is 5.62. The maximum atomic E-state index is 5.42. The summed E-state index contributed by atoms with van der Waals surface area (Å²) < 4.78 is 5.42. The van der Waals surface area contributed by atoms with Crippen molar-refractivity contribution in [3.63, 3.8) is 0 Å². The van der Waals surface area contributed by atoms with Crippen molar-refractivity contribution in [1.29, 1.82) is 0 Å². The Balaban J connectivity index is 1.96. The lowest BCUT2D eigenvalue weighted by molar-refractivity contribution is 0.528. The zero-order valence-corrected chi connectivity index (χ0v) is 11.0. The highest BCUT2D eigenvalue weighted by atomic mass is 16.3. The minimum atomic E-state index is 0.230. The number of furan rings is 1. The van der Waals surface area contributed by atoms with Crippen molar-refractivity contribution in [2.24, 2.45) is 0 Å². The maximum absolute atomic E-state index is 5.42. The van der Waals surface area contributed by atoms with Gasteiger partial charge in [-0.1, -0.05) is 18.2 Å². The van der Waals surface area contributed by atoms with E-state index in [9.17, 15) is 0 Å². The number of benzene rings is 1. The zero-order valence-electron chi connectivity index (χ0n) is 11.0. The second-order valence-electron chi connectivity index (χ2n) is 5.09. The summed E-state index contributed by atoms with van der Waals surface area (Å²) in [5.41, 5.74) is 5.58. The van der Waals surface area contributed by atoms with Crippen molar-refractivity contribution >= 4 is 0 Å². The van der Waals surface area contributed by atoms with E-state index >= 15 is 0 Å². The van der Waals surface area contributed by atoms with Crippen molar-refractivity contribution in [3.05, 3.63) is 58.5 Å². The molecule has 1 aliphatic carbocycles. The highest BCUT2D eigenvalue weighted by Gasteiger charge is 2.17. The van der Waals surface area contributed by atoms with Crippen LogP contribution in [0.15, 0.2) is 34.9 Å². The van der Waals surface area contributed by atoms with E-state index in [4.69, 9.17) is 4.42 Å². The number of hydrogen-bond acceptors (Lipinski definition) is 2. The van der Waals surface area contributed by atoms with Gasteiger partial charge in [-0.3, -0.25) is 0 Å². The molecule has 0 bridgehead atoms. The predicted octanol–water partition coefficient (Wildman–Crippen LogP) is 3.39. The minimum Gasteiger partial charge on any atom is -0.469 e. The van der Waals surface area contributed by atoms with E-state index in [1.54, 1.807) is 0 Å². The van der Waals surface area contributed by atoms with Gasteiger partial charge < -0.3 is 9.73 Å². The van der Waals surface area contributed by atoms with Gasteiger partial charge in [-0.2, -0.15) is 0 Å². The molecule has 1 aromatic heterocycles. The molecule has 0 radical (unpaired) electrons. The van der Waals surface area contributed by atoms with Crippen molar-refractivity contribution in [3.8, 4) is 0 Å². The normalized spacial score (nSPS) is 15.7. The van der Waals surface area contributed by atoms with Gasteiger partial charge in [0, 0.05) is 5.56 Å². The summed E-state index contributed by atoms with van der Waals surface area (Å²) in [5, 5.41) is 3.38. The Morgan fingerprint density at radius 2 is 1.94 bits per heavy atom. The highest BCUT2D eigenvalue weighted by molar-refractivity contribution is 5.39. The van der Waals surface area contributed by atoms with E-state index < -0.39 is 0 Å². The lowest BCUT2D eigenvalue weighted by atomic mass is 9.97. The third-order valence-electron chi connectivity index (χ3n) is 3.83. The van der Waals surface area contributed by atoms with Gasteiger partial charge in [-0.15, -0.1) is 0 Å². The fourth-order valence-corrected chi connectivity index (χ4v) is 2.91. The van der Waals surface area contributed by atoms with Crippen LogP contribution < -0.4 is 5.32 Å². The fourth-order valence-electron chi connectivity index (χ4n) is 2.91. The van der Waals surface area contributed by atoms with Crippen LogP contribution in [0.5, 0.6) is 0 Å². The molecule has 0 saturated heterocycles. The van der Waals surface area contributed by atoms with Gasteiger partial charge in [0.2, 0.25) is 0 Å². The Morgan fingerprint density at radius 3 is 2.67 bits per heavy atom. The molecule has 2 nitrogen and oxygen atoms in total. The highest BCUT2D eigenvalue weighted by Crippen LogP contribution is 2.29. The van der Waals surface area contributed by atoms with Crippen LogP contribution in [0.4, 0.5) is 0 Å². The zero-order chi connectivity index (χ0) is 12.5. The monoisotopic (exact) mass is 241 g/mol. The molecule has 1 unspecified atom stereocenters. The van der Waals surface area contributed by atoms with Crippen LogP contribution in [-0.2, 0) is 12.8 Å². The van der Waals surface area contributed by atoms with Crippen molar-refractivity contribution in [2.45, 2.75) is 32.2 Å². The Morgan fingerprint density at radius 1 is 1.11 bits per heavy atom. The van der Waals surface area contributed by atoms with Crippen molar-refractivity contribution < 1.29 is 4.42 Å². The summed E-state index contributed by atoms with van der Waals surface area (Å²) in [4.78, 5) is 0. The first kappa shape index (κ1) is 11.5. The largest absolute Gasteiger partial charge is 0.469 e. The molecule has 1 heterocycles. The molecule has 0 spiro atoms. The molecule has 18 heavy (non-hydrogen) atoms. The molecule has 0 amide bonds. The van der Waals surface area contributed by atoms with E-state index in [0.717, 1.165) is 5.76 Å². The first-order chi connectivity index (χ1) is 8.78. The summed E-state index contributed by atoms with van der Waals surface area (Å²) in [7, 11) is 2.00. The molecular weight excluding hydrogens is 222 g/mol. The second kappa shape index (κ2) is 4.62. The van der Waals surface area contributed by atoms with Crippen LogP contribution in [0, 0.1) is 6.92 Å². The molecule has 0 saturated carbocycles. The smallest absolute Gasteiger partial charge is 0.101 e. The Labute approximate surface area is 108 Å². The number of aryl methyl sites for hydroxylation is 3. The van der Waals surface area contributed by atoms with Crippen LogP contribution in [0.3, 0.4) is 0 Å². The van der Waals surface area contributed by atoms with Gasteiger partial charge in [0.25, 0.3) is 0 Å². The third kappa shape index (κ3) is 1.97. The summed E-state index contributed by atoms with van der Waals surface area (Å²) in [6.45, 7) is 1.99. The Bertz CT molecular complexity index is 556. The lowest BCUT2D eigenvalue weighted by Crippen LogP contribution is -2.17. The predicted molar refractivity (Wildman–Crippen MR) is 72.8 cm³/mol. The number of fused-ring (bicyclic) bond motifs is 1. The van der Waals surface area contributed by atoms with Gasteiger partial charge in [-0.05, 0) is 56.0 Å². The molecule has 1 atom stereocenters. The third-order valence-corrected chi connectivity index (χ3v) is 3.83. The van der Waals surface area contributed by atoms with Crippen LogP contribution in [-0.4, -0.2) is 7.05 Å². The minimum absolute atomic E-state index is 0.230. The molecule has 2 heteroatoms.